The van der Waals surface area contributed by atoms with Crippen LogP contribution in [0.3, 0.4) is 0 Å². The summed E-state index contributed by atoms with van der Waals surface area (Å²) in [6.07, 6.45) is 0. The average Bonchev–Trinajstić information content (AvgIpc) is 2.48. The number of hydrogen-bond donors (Lipinski definition) is 0. The maximum atomic E-state index is 5.28. The molecule has 0 bridgehead atoms. The van der Waals surface area contributed by atoms with Gasteiger partial charge in [0.1, 0.15) is 5.75 Å². The van der Waals surface area contributed by atoms with E-state index in [0.717, 1.165) is 15.7 Å². The molecule has 0 N–H and O–H groups in total. The first-order chi connectivity index (χ1) is 5.86. The van der Waals surface area contributed by atoms with E-state index >= 15 is 0 Å². The normalized spacial score (nSPS) is 12.7. The van der Waals surface area contributed by atoms with Crippen molar-refractivity contribution in [2.24, 2.45) is 0 Å². The van der Waals surface area contributed by atoms with E-state index in [2.05, 4.69) is 6.58 Å². The van der Waals surface area contributed by atoms with Crippen molar-refractivity contribution >= 4 is 11.8 Å². The fraction of sp³-hybridized carbons (Fsp3) is 0.200. The summed E-state index contributed by atoms with van der Waals surface area (Å²) in [5.74, 6) is 0.928. The van der Waals surface area contributed by atoms with E-state index in [-0.39, 0.29) is 0 Å². The van der Waals surface area contributed by atoms with E-state index in [1.54, 1.807) is 11.8 Å². The van der Waals surface area contributed by atoms with Crippen LogP contribution in [0.5, 0.6) is 5.75 Å². The molecule has 0 saturated carbocycles. The summed E-state index contributed by atoms with van der Waals surface area (Å²) in [5.41, 5.74) is 0. The highest BCUT2D eigenvalue weighted by atomic mass is 32.2. The van der Waals surface area contributed by atoms with Crippen molar-refractivity contribution in [2.75, 3.05) is 0 Å². The second-order valence-corrected chi connectivity index (χ2v) is 3.12. The van der Waals surface area contributed by atoms with Crippen LogP contribution in [0.4, 0.5) is 0 Å². The molecule has 0 atom stereocenters. The summed E-state index contributed by atoms with van der Waals surface area (Å²) in [7, 11) is 0. The lowest BCUT2D eigenvalue weighted by Crippen LogP contribution is -1.78. The van der Waals surface area contributed by atoms with Gasteiger partial charge in [-0.2, -0.15) is 0 Å². The van der Waals surface area contributed by atoms with E-state index < -0.39 is 0 Å². The maximum Gasteiger partial charge on any atom is 0.158 e. The number of fused-ring (bicyclic) bond motifs is 1. The fourth-order valence-corrected chi connectivity index (χ4v) is 1.62. The van der Waals surface area contributed by atoms with Crippen LogP contribution in [0, 0.1) is 0 Å². The Morgan fingerprint density at radius 2 is 1.92 bits per heavy atom. The van der Waals surface area contributed by atoms with Crippen LogP contribution in [0.2, 0.25) is 0 Å². The first-order valence-electron chi connectivity index (χ1n) is 4.00. The molecule has 0 radical (unpaired) electrons. The number of rotatable bonds is 0. The van der Waals surface area contributed by atoms with Crippen molar-refractivity contribution in [1.29, 1.82) is 0 Å². The van der Waals surface area contributed by atoms with Gasteiger partial charge in [0.15, 0.2) is 5.09 Å². The van der Waals surface area contributed by atoms with Gasteiger partial charge in [0.05, 0.1) is 4.90 Å². The van der Waals surface area contributed by atoms with Gasteiger partial charge >= 0.3 is 0 Å². The molecule has 2 rings (SSSR count). The van der Waals surface area contributed by atoms with E-state index in [1.165, 1.54) is 0 Å². The van der Waals surface area contributed by atoms with E-state index in [9.17, 15) is 0 Å². The highest BCUT2D eigenvalue weighted by molar-refractivity contribution is 8.03. The summed E-state index contributed by atoms with van der Waals surface area (Å²) in [4.78, 5) is 1.16. The van der Waals surface area contributed by atoms with Crippen molar-refractivity contribution in [3.63, 3.8) is 0 Å². The van der Waals surface area contributed by atoms with Crippen LogP contribution in [0.15, 0.2) is 40.8 Å². The molecule has 1 nitrogen and oxygen atoms in total. The van der Waals surface area contributed by atoms with Crippen LogP contribution in [-0.4, -0.2) is 0 Å². The zero-order chi connectivity index (χ0) is 8.97. The molecule has 0 saturated heterocycles. The molecule has 1 aliphatic rings. The van der Waals surface area contributed by atoms with Gasteiger partial charge in [-0.05, 0) is 30.5 Å². The van der Waals surface area contributed by atoms with Crippen molar-refractivity contribution in [3.05, 3.63) is 35.9 Å². The lowest BCUT2D eigenvalue weighted by molar-refractivity contribution is 0.470. The number of ether oxygens (including phenoxy) is 1. The van der Waals surface area contributed by atoms with Gasteiger partial charge in [0.25, 0.3) is 0 Å². The monoisotopic (exact) mass is 180 g/mol. The third-order valence-electron chi connectivity index (χ3n) is 1.30. The molecule has 1 aromatic carbocycles. The number of thioether (sulfide) groups is 1. The third kappa shape index (κ3) is 1.83. The zero-order valence-corrected chi connectivity index (χ0v) is 8.15. The molecule has 2 heteroatoms. The third-order valence-corrected chi connectivity index (χ3v) is 2.16. The van der Waals surface area contributed by atoms with Crippen LogP contribution >= 0.6 is 11.8 Å². The van der Waals surface area contributed by atoms with Crippen molar-refractivity contribution in [3.8, 4) is 5.75 Å². The van der Waals surface area contributed by atoms with Gasteiger partial charge in [-0.25, -0.2) is 0 Å². The molecular formula is C10H12OS. The minimum absolute atomic E-state index is 0.765. The number of benzene rings is 1. The minimum atomic E-state index is 0.765. The number of para-hydroxylation sites is 1. The van der Waals surface area contributed by atoms with Gasteiger partial charge in [-0.3, -0.25) is 0 Å². The molecule has 0 amide bonds. The lowest BCUT2D eigenvalue weighted by Gasteiger charge is -1.92. The molecule has 0 aromatic heterocycles. The van der Waals surface area contributed by atoms with Gasteiger partial charge in [-0.15, -0.1) is 0 Å². The van der Waals surface area contributed by atoms with Crippen molar-refractivity contribution < 1.29 is 4.74 Å². The second-order valence-electron chi connectivity index (χ2n) is 2.02. The minimum Gasteiger partial charge on any atom is -0.450 e. The molecule has 0 aliphatic carbocycles. The molecule has 12 heavy (non-hydrogen) atoms. The average molecular weight is 180 g/mol. The van der Waals surface area contributed by atoms with Crippen molar-refractivity contribution in [2.45, 2.75) is 18.7 Å². The largest absolute Gasteiger partial charge is 0.450 e. The quantitative estimate of drug-likeness (QED) is 0.602. The Morgan fingerprint density at radius 3 is 2.58 bits per heavy atom. The number of hydrogen-bond acceptors (Lipinski definition) is 2. The highest BCUT2D eigenvalue weighted by Crippen LogP contribution is 2.41. The highest BCUT2D eigenvalue weighted by Gasteiger charge is 2.14. The van der Waals surface area contributed by atoms with E-state index in [1.807, 2.05) is 38.1 Å². The van der Waals surface area contributed by atoms with Crippen LogP contribution in [-0.2, 0) is 0 Å². The molecule has 0 fully saturated rings. The summed E-state index contributed by atoms with van der Waals surface area (Å²) >= 11 is 1.57. The Hall–Kier alpha value is -0.890. The topological polar surface area (TPSA) is 9.23 Å². The molecule has 0 unspecified atom stereocenters. The Kier molecular flexibility index (Phi) is 3.23. The molecule has 0 spiro atoms. The summed E-state index contributed by atoms with van der Waals surface area (Å²) in [5, 5.41) is 0.765. The van der Waals surface area contributed by atoms with Crippen LogP contribution < -0.4 is 4.74 Å². The molecular weight excluding hydrogens is 168 g/mol. The lowest BCUT2D eigenvalue weighted by atomic mass is 10.3. The van der Waals surface area contributed by atoms with Crippen LogP contribution in [0.1, 0.15) is 13.8 Å². The van der Waals surface area contributed by atoms with Gasteiger partial charge < -0.3 is 4.74 Å². The van der Waals surface area contributed by atoms with E-state index in [4.69, 9.17) is 4.74 Å². The second kappa shape index (κ2) is 4.21. The predicted molar refractivity (Wildman–Crippen MR) is 53.4 cm³/mol. The van der Waals surface area contributed by atoms with Crippen molar-refractivity contribution in [1.82, 2.24) is 0 Å². The van der Waals surface area contributed by atoms with Crippen LogP contribution in [0.25, 0.3) is 0 Å². The zero-order valence-electron chi connectivity index (χ0n) is 7.33. The fourth-order valence-electron chi connectivity index (χ4n) is 0.885. The molecule has 1 heterocycles. The standard InChI is InChI=1S/C8H6OS.C2H6/c1-6-9-7-4-2-3-5-8(7)10-6;1-2/h2-5H,1H2;1-2H3. The SMILES string of the molecule is C=C1Oc2ccccc2S1.CC. The summed E-state index contributed by atoms with van der Waals surface area (Å²) in [6, 6.07) is 7.92. The molecule has 64 valence electrons. The van der Waals surface area contributed by atoms with E-state index in [0.29, 0.717) is 0 Å². The summed E-state index contributed by atoms with van der Waals surface area (Å²) < 4.78 is 5.28. The molecule has 1 aliphatic heterocycles. The smallest absolute Gasteiger partial charge is 0.158 e. The Labute approximate surface area is 77.4 Å². The Morgan fingerprint density at radius 1 is 1.25 bits per heavy atom. The van der Waals surface area contributed by atoms with Gasteiger partial charge in [0, 0.05) is 0 Å². The van der Waals surface area contributed by atoms with Gasteiger partial charge in [-0.1, -0.05) is 26.0 Å². The summed E-state index contributed by atoms with van der Waals surface area (Å²) in [6.45, 7) is 7.71. The maximum absolute atomic E-state index is 5.28. The first kappa shape index (κ1) is 9.20. The van der Waals surface area contributed by atoms with Gasteiger partial charge in [0.2, 0.25) is 0 Å². The predicted octanol–water partition coefficient (Wildman–Crippen LogP) is 3.67. The molecule has 1 aromatic rings. The Balaban J connectivity index is 0.000000336. The Bertz CT molecular complexity index is 254. The first-order valence-corrected chi connectivity index (χ1v) is 4.81.